The summed E-state index contributed by atoms with van der Waals surface area (Å²) in [5.41, 5.74) is 2.60. The number of amides is 1. The average molecular weight is 405 g/mol. The first-order valence-corrected chi connectivity index (χ1v) is 9.75. The van der Waals surface area contributed by atoms with Crippen molar-refractivity contribution in [3.8, 4) is 0 Å². The molecule has 0 atom stereocenters. The van der Waals surface area contributed by atoms with E-state index in [0.29, 0.717) is 11.6 Å². The number of nitro groups is 1. The second-order valence-electron chi connectivity index (χ2n) is 7.31. The second kappa shape index (κ2) is 9.14. The number of halogens is 1. The lowest BCUT2D eigenvalue weighted by molar-refractivity contribution is -1.02. The fraction of sp³-hybridized carbons (Fsp3) is 0.350. The van der Waals surface area contributed by atoms with Crippen molar-refractivity contribution in [2.45, 2.75) is 13.5 Å². The predicted octanol–water partition coefficient (Wildman–Crippen LogP) is 0.479. The molecule has 0 spiro atoms. The summed E-state index contributed by atoms with van der Waals surface area (Å²) in [5.74, 6) is -0.234. The number of carbonyl (C=O) groups is 1. The molecule has 1 aliphatic heterocycles. The van der Waals surface area contributed by atoms with Crippen LogP contribution < -0.4 is 15.1 Å². The lowest BCUT2D eigenvalue weighted by Gasteiger charge is -2.29. The molecule has 0 aromatic heterocycles. The third-order valence-corrected chi connectivity index (χ3v) is 5.28. The average Bonchev–Trinajstić information content (AvgIpc) is 2.63. The molecule has 1 saturated heterocycles. The van der Waals surface area contributed by atoms with Crippen LogP contribution in [-0.4, -0.2) is 43.6 Å². The number of carbonyl (C=O) groups excluding carboxylic acids is 1. The molecular formula is C20H25ClN4O3+2. The predicted molar refractivity (Wildman–Crippen MR) is 108 cm³/mol. The van der Waals surface area contributed by atoms with E-state index in [4.69, 9.17) is 11.6 Å². The van der Waals surface area contributed by atoms with Crippen molar-refractivity contribution in [2.75, 3.05) is 38.0 Å². The Morgan fingerprint density at radius 3 is 2.54 bits per heavy atom. The molecule has 0 unspecified atom stereocenters. The Kier molecular flexibility index (Phi) is 6.61. The van der Waals surface area contributed by atoms with E-state index in [9.17, 15) is 14.9 Å². The molecule has 148 valence electrons. The molecule has 1 heterocycles. The summed E-state index contributed by atoms with van der Waals surface area (Å²) >= 11 is 5.91. The number of nitrogens with zero attached hydrogens (tertiary/aromatic N) is 1. The Hall–Kier alpha value is -2.48. The Balaban J connectivity index is 1.50. The molecule has 0 radical (unpaired) electrons. The number of hydrogen-bond donors (Lipinski definition) is 3. The lowest BCUT2D eigenvalue weighted by atomic mass is 10.1. The number of hydrogen-bond acceptors (Lipinski definition) is 3. The molecule has 2 aromatic carbocycles. The SMILES string of the molecule is Cc1cccc(C[NH+]2CC[NH+](CC(=O)Nc3cc(Cl)ccc3[N+](=O)[O-])CC2)c1. The number of quaternary nitrogens is 2. The van der Waals surface area contributed by atoms with Crippen LogP contribution in [0.25, 0.3) is 0 Å². The summed E-state index contributed by atoms with van der Waals surface area (Å²) in [6, 6.07) is 12.7. The maximum absolute atomic E-state index is 12.4. The first kappa shape index (κ1) is 20.3. The van der Waals surface area contributed by atoms with Crippen LogP contribution in [0.15, 0.2) is 42.5 Å². The molecule has 3 N–H and O–H groups in total. The summed E-state index contributed by atoms with van der Waals surface area (Å²) in [7, 11) is 0. The summed E-state index contributed by atoms with van der Waals surface area (Å²) < 4.78 is 0. The molecule has 28 heavy (non-hydrogen) atoms. The van der Waals surface area contributed by atoms with Gasteiger partial charge in [0.1, 0.15) is 38.4 Å². The van der Waals surface area contributed by atoms with Crippen molar-refractivity contribution in [3.05, 3.63) is 68.7 Å². The van der Waals surface area contributed by atoms with Gasteiger partial charge in [0.25, 0.3) is 11.6 Å². The Bertz CT molecular complexity index is 866. The molecule has 8 heteroatoms. The maximum atomic E-state index is 12.4. The van der Waals surface area contributed by atoms with Crippen LogP contribution in [0.2, 0.25) is 5.02 Å². The fourth-order valence-electron chi connectivity index (χ4n) is 3.61. The number of nitrogens with one attached hydrogen (secondary N) is 3. The molecule has 0 saturated carbocycles. The standard InChI is InChI=1S/C20H23ClN4O3/c1-15-3-2-4-16(11-15)13-23-7-9-24(10-8-23)14-20(26)22-18-12-17(21)5-6-19(18)25(27)28/h2-6,11-12H,7-10,13-14H2,1H3,(H,22,26)/p+2. The molecule has 1 amide bonds. The summed E-state index contributed by atoms with van der Waals surface area (Å²) in [4.78, 5) is 25.7. The van der Waals surface area contributed by atoms with Crippen LogP contribution >= 0.6 is 11.6 Å². The van der Waals surface area contributed by atoms with Gasteiger partial charge in [-0.2, -0.15) is 0 Å². The van der Waals surface area contributed by atoms with Gasteiger partial charge in [-0.25, -0.2) is 0 Å². The van der Waals surface area contributed by atoms with Gasteiger partial charge in [0.2, 0.25) is 0 Å². The molecular weight excluding hydrogens is 380 g/mol. The van der Waals surface area contributed by atoms with Crippen LogP contribution in [0.1, 0.15) is 11.1 Å². The highest BCUT2D eigenvalue weighted by Crippen LogP contribution is 2.27. The number of aryl methyl sites for hydroxylation is 1. The number of anilines is 1. The Morgan fingerprint density at radius 1 is 1.14 bits per heavy atom. The number of nitro benzene ring substituents is 1. The smallest absolute Gasteiger partial charge is 0.292 e. The highest BCUT2D eigenvalue weighted by atomic mass is 35.5. The van der Waals surface area contributed by atoms with Gasteiger partial charge in [-0.15, -0.1) is 0 Å². The zero-order valence-corrected chi connectivity index (χ0v) is 16.6. The molecule has 3 rings (SSSR count). The highest BCUT2D eigenvalue weighted by molar-refractivity contribution is 6.31. The minimum absolute atomic E-state index is 0.144. The topological polar surface area (TPSA) is 81.1 Å². The molecule has 0 bridgehead atoms. The Labute approximate surface area is 169 Å². The molecule has 1 aliphatic rings. The lowest BCUT2D eigenvalue weighted by Crippen LogP contribution is -3.28. The first-order valence-electron chi connectivity index (χ1n) is 9.37. The van der Waals surface area contributed by atoms with E-state index in [1.165, 1.54) is 39.1 Å². The summed E-state index contributed by atoms with van der Waals surface area (Å²) in [6.45, 7) is 7.17. The van der Waals surface area contributed by atoms with E-state index in [2.05, 4.69) is 36.5 Å². The Morgan fingerprint density at radius 2 is 1.86 bits per heavy atom. The zero-order valence-electron chi connectivity index (χ0n) is 15.8. The van der Waals surface area contributed by atoms with E-state index >= 15 is 0 Å². The zero-order chi connectivity index (χ0) is 20.1. The van der Waals surface area contributed by atoms with Gasteiger partial charge >= 0.3 is 0 Å². The highest BCUT2D eigenvalue weighted by Gasteiger charge is 2.26. The van der Waals surface area contributed by atoms with Gasteiger partial charge in [0, 0.05) is 16.7 Å². The normalized spacial score (nSPS) is 19.2. The van der Waals surface area contributed by atoms with Gasteiger partial charge in [-0.1, -0.05) is 41.4 Å². The van der Waals surface area contributed by atoms with Crippen molar-refractivity contribution < 1.29 is 19.5 Å². The third-order valence-electron chi connectivity index (χ3n) is 5.04. The number of piperazine rings is 1. The number of benzene rings is 2. The first-order chi connectivity index (χ1) is 13.4. The van der Waals surface area contributed by atoms with Crippen molar-refractivity contribution >= 4 is 28.9 Å². The van der Waals surface area contributed by atoms with Crippen LogP contribution in [0.5, 0.6) is 0 Å². The van der Waals surface area contributed by atoms with Gasteiger partial charge in [-0.3, -0.25) is 14.9 Å². The van der Waals surface area contributed by atoms with Crippen molar-refractivity contribution in [1.29, 1.82) is 0 Å². The second-order valence-corrected chi connectivity index (χ2v) is 7.75. The molecule has 1 fully saturated rings. The van der Waals surface area contributed by atoms with Crippen LogP contribution in [0, 0.1) is 17.0 Å². The van der Waals surface area contributed by atoms with E-state index in [-0.39, 0.29) is 17.3 Å². The summed E-state index contributed by atoms with van der Waals surface area (Å²) in [6.07, 6.45) is 0. The van der Waals surface area contributed by atoms with Crippen LogP contribution in [-0.2, 0) is 11.3 Å². The molecule has 7 nitrogen and oxygen atoms in total. The van der Waals surface area contributed by atoms with Crippen molar-refractivity contribution in [3.63, 3.8) is 0 Å². The van der Waals surface area contributed by atoms with E-state index in [1.807, 2.05) is 0 Å². The number of rotatable bonds is 6. The third kappa shape index (κ3) is 5.51. The molecule has 2 aromatic rings. The largest absolute Gasteiger partial charge is 0.322 e. The van der Waals surface area contributed by atoms with Crippen LogP contribution in [0.4, 0.5) is 11.4 Å². The van der Waals surface area contributed by atoms with E-state index < -0.39 is 4.92 Å². The van der Waals surface area contributed by atoms with E-state index in [0.717, 1.165) is 32.7 Å². The van der Waals surface area contributed by atoms with Gasteiger partial charge in [0.15, 0.2) is 6.54 Å². The van der Waals surface area contributed by atoms with Crippen LogP contribution in [0.3, 0.4) is 0 Å². The monoisotopic (exact) mass is 404 g/mol. The molecule has 0 aliphatic carbocycles. The van der Waals surface area contributed by atoms with Gasteiger partial charge < -0.3 is 15.1 Å². The van der Waals surface area contributed by atoms with E-state index in [1.54, 1.807) is 0 Å². The summed E-state index contributed by atoms with van der Waals surface area (Å²) in [5, 5.41) is 14.1. The van der Waals surface area contributed by atoms with Crippen molar-refractivity contribution in [1.82, 2.24) is 0 Å². The van der Waals surface area contributed by atoms with Gasteiger partial charge in [0.05, 0.1) is 4.92 Å². The minimum atomic E-state index is -0.522. The maximum Gasteiger partial charge on any atom is 0.292 e. The quantitative estimate of drug-likeness (QED) is 0.484. The van der Waals surface area contributed by atoms with Crippen molar-refractivity contribution in [2.24, 2.45) is 0 Å². The van der Waals surface area contributed by atoms with Gasteiger partial charge in [-0.05, 0) is 19.1 Å². The fourth-order valence-corrected chi connectivity index (χ4v) is 3.78. The minimum Gasteiger partial charge on any atom is -0.322 e.